The monoisotopic (exact) mass is 330 g/mol. The van der Waals surface area contributed by atoms with Gasteiger partial charge in [0.05, 0.1) is 24.3 Å². The Morgan fingerprint density at radius 3 is 1.71 bits per heavy atom. The Balaban J connectivity index is 2.49. The normalized spacial score (nSPS) is 11.1. The molecule has 0 saturated carbocycles. The first kappa shape index (κ1) is 19.7. The first-order valence-electron chi connectivity index (χ1n) is 8.43. The minimum Gasteiger partial charge on any atom is -0.462 e. The largest absolute Gasteiger partial charge is 0.462 e. The molecule has 0 spiro atoms. The maximum atomic E-state index is 12.0. The molecule has 1 rings (SSSR count). The van der Waals surface area contributed by atoms with Crippen molar-refractivity contribution < 1.29 is 19.1 Å². The molecule has 0 unspecified atom stereocenters. The van der Waals surface area contributed by atoms with Crippen molar-refractivity contribution in [2.45, 2.75) is 39.5 Å². The number of carbonyl (C=O) groups is 2. The number of esters is 2. The van der Waals surface area contributed by atoms with E-state index in [0.29, 0.717) is 37.2 Å². The lowest BCUT2D eigenvalue weighted by molar-refractivity contribution is 0.0510. The van der Waals surface area contributed by atoms with E-state index in [4.69, 9.17) is 9.47 Å². The summed E-state index contributed by atoms with van der Waals surface area (Å²) in [7, 11) is 0. The third kappa shape index (κ3) is 7.77. The van der Waals surface area contributed by atoms with Gasteiger partial charge in [-0.25, -0.2) is 9.59 Å². The highest BCUT2D eigenvalue weighted by molar-refractivity contribution is 5.95. The second kappa shape index (κ2) is 12.1. The number of ether oxygens (including phenoxy) is 2. The van der Waals surface area contributed by atoms with Gasteiger partial charge in [0.25, 0.3) is 0 Å². The van der Waals surface area contributed by atoms with Gasteiger partial charge in [-0.3, -0.25) is 0 Å². The van der Waals surface area contributed by atoms with E-state index in [0.717, 1.165) is 12.8 Å². The molecule has 130 valence electrons. The molecule has 0 bridgehead atoms. The zero-order valence-corrected chi connectivity index (χ0v) is 14.5. The van der Waals surface area contributed by atoms with Gasteiger partial charge < -0.3 is 9.47 Å². The molecule has 0 aliphatic heterocycles. The second-order valence-electron chi connectivity index (χ2n) is 5.19. The Kier molecular flexibility index (Phi) is 9.93. The summed E-state index contributed by atoms with van der Waals surface area (Å²) in [6, 6.07) is 6.42. The summed E-state index contributed by atoms with van der Waals surface area (Å²) in [6.45, 7) is 4.75. The molecular formula is C20H26O4. The summed E-state index contributed by atoms with van der Waals surface area (Å²) < 4.78 is 10.4. The summed E-state index contributed by atoms with van der Waals surface area (Å²) in [5.74, 6) is -0.860. The van der Waals surface area contributed by atoms with E-state index in [-0.39, 0.29) is 0 Å². The van der Waals surface area contributed by atoms with Gasteiger partial charge in [0.15, 0.2) is 0 Å². The molecule has 0 heterocycles. The van der Waals surface area contributed by atoms with Crippen LogP contribution in [0.2, 0.25) is 0 Å². The molecule has 0 radical (unpaired) electrons. The van der Waals surface area contributed by atoms with Crippen LogP contribution < -0.4 is 0 Å². The van der Waals surface area contributed by atoms with Gasteiger partial charge in [0.2, 0.25) is 0 Å². The zero-order chi connectivity index (χ0) is 17.6. The molecule has 0 N–H and O–H groups in total. The molecule has 0 aliphatic rings. The Hall–Kier alpha value is -2.36. The standard InChI is InChI=1S/C20H26O4/c1-3-5-7-9-14-23-19(21)17-12-11-13-18(16-17)20(22)24-15-10-8-6-4-2/h5-8,11-13,16H,3-4,9-10,14-15H2,1-2H3/b7-5-,8-6-. The van der Waals surface area contributed by atoms with Crippen LogP contribution in [0.4, 0.5) is 0 Å². The van der Waals surface area contributed by atoms with Crippen LogP contribution in [0.15, 0.2) is 48.6 Å². The predicted octanol–water partition coefficient (Wildman–Crippen LogP) is 4.71. The van der Waals surface area contributed by atoms with E-state index in [9.17, 15) is 9.59 Å². The van der Waals surface area contributed by atoms with Gasteiger partial charge in [-0.05, 0) is 43.9 Å². The lowest BCUT2D eigenvalue weighted by Crippen LogP contribution is -2.10. The summed E-state index contributed by atoms with van der Waals surface area (Å²) in [6.07, 6.45) is 11.3. The van der Waals surface area contributed by atoms with Gasteiger partial charge in [0.1, 0.15) is 0 Å². The van der Waals surface area contributed by atoms with Crippen molar-refractivity contribution >= 4 is 11.9 Å². The Morgan fingerprint density at radius 2 is 1.29 bits per heavy atom. The Morgan fingerprint density at radius 1 is 0.833 bits per heavy atom. The zero-order valence-electron chi connectivity index (χ0n) is 14.5. The fourth-order valence-electron chi connectivity index (χ4n) is 1.95. The van der Waals surface area contributed by atoms with Crippen LogP contribution in [0.3, 0.4) is 0 Å². The minimum atomic E-state index is -0.430. The molecule has 0 aliphatic carbocycles. The van der Waals surface area contributed by atoms with Crippen molar-refractivity contribution in [1.82, 2.24) is 0 Å². The van der Waals surface area contributed by atoms with E-state index in [1.165, 1.54) is 6.07 Å². The number of rotatable bonds is 10. The average molecular weight is 330 g/mol. The lowest BCUT2D eigenvalue weighted by Gasteiger charge is -2.06. The van der Waals surface area contributed by atoms with Crippen molar-refractivity contribution in [2.75, 3.05) is 13.2 Å². The molecule has 0 fully saturated rings. The Labute approximate surface area is 144 Å². The molecule has 0 aromatic heterocycles. The summed E-state index contributed by atoms with van der Waals surface area (Å²) >= 11 is 0. The third-order valence-electron chi connectivity index (χ3n) is 3.17. The lowest BCUT2D eigenvalue weighted by atomic mass is 10.1. The quantitative estimate of drug-likeness (QED) is 0.354. The van der Waals surface area contributed by atoms with Crippen LogP contribution in [0, 0.1) is 0 Å². The van der Waals surface area contributed by atoms with E-state index >= 15 is 0 Å². The molecule has 1 aromatic rings. The van der Waals surface area contributed by atoms with E-state index in [2.05, 4.69) is 0 Å². The highest BCUT2D eigenvalue weighted by atomic mass is 16.5. The summed E-state index contributed by atoms with van der Waals surface area (Å²) in [5, 5.41) is 0. The van der Waals surface area contributed by atoms with Gasteiger partial charge in [-0.2, -0.15) is 0 Å². The van der Waals surface area contributed by atoms with Gasteiger partial charge in [-0.1, -0.05) is 44.2 Å². The topological polar surface area (TPSA) is 52.6 Å². The molecule has 4 heteroatoms. The van der Waals surface area contributed by atoms with Gasteiger partial charge >= 0.3 is 11.9 Å². The number of carbonyl (C=O) groups excluding carboxylic acids is 2. The van der Waals surface area contributed by atoms with Gasteiger partial charge in [-0.15, -0.1) is 0 Å². The van der Waals surface area contributed by atoms with Crippen molar-refractivity contribution in [3.05, 3.63) is 59.7 Å². The summed E-state index contributed by atoms with van der Waals surface area (Å²) in [4.78, 5) is 24.0. The molecule has 0 atom stereocenters. The fourth-order valence-corrected chi connectivity index (χ4v) is 1.95. The van der Waals surface area contributed by atoms with Crippen molar-refractivity contribution in [3.63, 3.8) is 0 Å². The Bertz CT molecular complexity index is 526. The van der Waals surface area contributed by atoms with E-state index in [1.54, 1.807) is 18.2 Å². The minimum absolute atomic E-state index is 0.327. The molecular weight excluding hydrogens is 304 g/mol. The summed E-state index contributed by atoms with van der Waals surface area (Å²) in [5.41, 5.74) is 0.713. The molecule has 4 nitrogen and oxygen atoms in total. The van der Waals surface area contributed by atoms with E-state index in [1.807, 2.05) is 38.2 Å². The van der Waals surface area contributed by atoms with Crippen LogP contribution in [-0.4, -0.2) is 25.2 Å². The van der Waals surface area contributed by atoms with Gasteiger partial charge in [0, 0.05) is 0 Å². The van der Waals surface area contributed by atoms with E-state index < -0.39 is 11.9 Å². The SMILES string of the molecule is CC/C=C\CCOC(=O)c1cccc(C(=O)OCC/C=C\CC)c1. The van der Waals surface area contributed by atoms with Crippen LogP contribution in [0.25, 0.3) is 0 Å². The fraction of sp³-hybridized carbons (Fsp3) is 0.400. The number of allylic oxidation sites excluding steroid dienone is 2. The third-order valence-corrected chi connectivity index (χ3v) is 3.17. The maximum Gasteiger partial charge on any atom is 0.338 e. The highest BCUT2D eigenvalue weighted by Gasteiger charge is 2.12. The van der Waals surface area contributed by atoms with Crippen LogP contribution in [0.5, 0.6) is 0 Å². The maximum absolute atomic E-state index is 12.0. The van der Waals surface area contributed by atoms with Crippen LogP contribution >= 0.6 is 0 Å². The average Bonchev–Trinajstić information content (AvgIpc) is 2.61. The van der Waals surface area contributed by atoms with Crippen LogP contribution in [-0.2, 0) is 9.47 Å². The van der Waals surface area contributed by atoms with Crippen molar-refractivity contribution in [1.29, 1.82) is 0 Å². The smallest absolute Gasteiger partial charge is 0.338 e. The number of benzene rings is 1. The molecule has 0 amide bonds. The first-order valence-corrected chi connectivity index (χ1v) is 8.43. The molecule has 0 saturated heterocycles. The first-order chi connectivity index (χ1) is 11.7. The number of hydrogen-bond donors (Lipinski definition) is 0. The second-order valence-corrected chi connectivity index (χ2v) is 5.19. The molecule has 24 heavy (non-hydrogen) atoms. The number of hydrogen-bond acceptors (Lipinski definition) is 4. The van der Waals surface area contributed by atoms with Crippen molar-refractivity contribution in [3.8, 4) is 0 Å². The highest BCUT2D eigenvalue weighted by Crippen LogP contribution is 2.09. The predicted molar refractivity (Wildman–Crippen MR) is 95.1 cm³/mol. The molecule has 1 aromatic carbocycles. The van der Waals surface area contributed by atoms with Crippen LogP contribution in [0.1, 0.15) is 60.2 Å². The van der Waals surface area contributed by atoms with Crippen molar-refractivity contribution in [2.24, 2.45) is 0 Å².